The third-order valence-electron chi connectivity index (χ3n) is 3.56. The molecule has 0 aromatic heterocycles. The highest BCUT2D eigenvalue weighted by molar-refractivity contribution is 6.01. The lowest BCUT2D eigenvalue weighted by Crippen LogP contribution is -2.36. The van der Waals surface area contributed by atoms with Crippen molar-refractivity contribution < 1.29 is 18.4 Å². The second-order valence-corrected chi connectivity index (χ2v) is 5.69. The van der Waals surface area contributed by atoms with Crippen LogP contribution in [0.25, 0.3) is 0 Å². The molecular formula is C18H19F2N3O2. The smallest absolute Gasteiger partial charge is 0.244 e. The lowest BCUT2D eigenvalue weighted by molar-refractivity contribution is -0.120. The molecule has 0 fully saturated rings. The average Bonchev–Trinajstić information content (AvgIpc) is 2.55. The van der Waals surface area contributed by atoms with E-state index in [1.807, 2.05) is 31.1 Å². The fourth-order valence-corrected chi connectivity index (χ4v) is 2.22. The summed E-state index contributed by atoms with van der Waals surface area (Å²) in [5.41, 5.74) is 1.67. The first-order chi connectivity index (χ1) is 11.8. The van der Waals surface area contributed by atoms with Gasteiger partial charge >= 0.3 is 0 Å². The third kappa shape index (κ3) is 4.76. The van der Waals surface area contributed by atoms with E-state index in [1.54, 1.807) is 12.1 Å². The van der Waals surface area contributed by atoms with Crippen molar-refractivity contribution in [1.82, 2.24) is 0 Å². The number of nitrogens with one attached hydrogen (secondary N) is 1. The molecule has 0 aliphatic heterocycles. The van der Waals surface area contributed by atoms with E-state index < -0.39 is 23.4 Å². The van der Waals surface area contributed by atoms with Gasteiger partial charge in [-0.1, -0.05) is 0 Å². The monoisotopic (exact) mass is 347 g/mol. The van der Waals surface area contributed by atoms with E-state index in [4.69, 9.17) is 0 Å². The number of carbonyl (C=O) groups is 2. The van der Waals surface area contributed by atoms with E-state index >= 15 is 0 Å². The molecule has 0 spiro atoms. The van der Waals surface area contributed by atoms with Gasteiger partial charge in [-0.05, 0) is 36.4 Å². The van der Waals surface area contributed by atoms with Gasteiger partial charge in [0.05, 0.1) is 0 Å². The summed E-state index contributed by atoms with van der Waals surface area (Å²) < 4.78 is 26.4. The molecule has 5 nitrogen and oxygen atoms in total. The highest BCUT2D eigenvalue weighted by atomic mass is 19.2. The lowest BCUT2D eigenvalue weighted by Gasteiger charge is -2.21. The number of nitrogens with zero attached hydrogens (tertiary/aromatic N) is 2. The molecule has 0 radical (unpaired) electrons. The molecule has 0 aliphatic carbocycles. The van der Waals surface area contributed by atoms with Crippen LogP contribution in [0.2, 0.25) is 0 Å². The highest BCUT2D eigenvalue weighted by Gasteiger charge is 2.17. The van der Waals surface area contributed by atoms with Crippen molar-refractivity contribution >= 4 is 28.9 Å². The van der Waals surface area contributed by atoms with Crippen molar-refractivity contribution in [3.05, 3.63) is 54.1 Å². The van der Waals surface area contributed by atoms with Crippen LogP contribution in [-0.4, -0.2) is 32.5 Å². The molecule has 2 rings (SSSR count). The minimum Gasteiger partial charge on any atom is -0.378 e. The summed E-state index contributed by atoms with van der Waals surface area (Å²) in [7, 11) is 3.81. The molecule has 0 atom stereocenters. The Morgan fingerprint density at radius 3 is 2.08 bits per heavy atom. The molecule has 2 amide bonds. The van der Waals surface area contributed by atoms with E-state index in [0.29, 0.717) is 5.69 Å². The van der Waals surface area contributed by atoms with E-state index in [-0.39, 0.29) is 12.2 Å². The molecule has 25 heavy (non-hydrogen) atoms. The molecule has 2 aromatic carbocycles. The minimum atomic E-state index is -1.08. The summed E-state index contributed by atoms with van der Waals surface area (Å²) in [5.74, 6) is -3.00. The molecule has 0 saturated heterocycles. The molecule has 1 N–H and O–H groups in total. The predicted octanol–water partition coefficient (Wildman–Crippen LogP) is 3.02. The van der Waals surface area contributed by atoms with Gasteiger partial charge in [-0.25, -0.2) is 8.78 Å². The van der Waals surface area contributed by atoms with Gasteiger partial charge in [-0.2, -0.15) is 0 Å². The maximum atomic E-state index is 13.4. The maximum Gasteiger partial charge on any atom is 0.244 e. The standard InChI is InChI=1S/C18H19F2N3O2/c1-12(24)23(15-8-9-16(19)17(20)10-15)11-18(25)21-13-4-6-14(7-5-13)22(2)3/h4-10H,11H2,1-3H3,(H,21,25). The van der Waals surface area contributed by atoms with E-state index in [9.17, 15) is 18.4 Å². The van der Waals surface area contributed by atoms with E-state index in [1.165, 1.54) is 13.0 Å². The zero-order valence-electron chi connectivity index (χ0n) is 14.2. The van der Waals surface area contributed by atoms with Gasteiger partial charge in [-0.15, -0.1) is 0 Å². The van der Waals surface area contributed by atoms with Crippen LogP contribution in [0.15, 0.2) is 42.5 Å². The van der Waals surface area contributed by atoms with Crippen LogP contribution in [0.5, 0.6) is 0 Å². The molecule has 0 saturated carbocycles. The summed E-state index contributed by atoms with van der Waals surface area (Å²) in [6.07, 6.45) is 0. The van der Waals surface area contributed by atoms with Gasteiger partial charge in [0.15, 0.2) is 11.6 Å². The van der Waals surface area contributed by atoms with E-state index in [0.717, 1.165) is 22.7 Å². The topological polar surface area (TPSA) is 52.7 Å². The quantitative estimate of drug-likeness (QED) is 0.905. The first kappa shape index (κ1) is 18.4. The molecule has 0 aliphatic rings. The number of benzene rings is 2. The van der Waals surface area contributed by atoms with E-state index in [2.05, 4.69) is 5.32 Å². The number of amides is 2. The number of anilines is 3. The van der Waals surface area contributed by atoms with Crippen molar-refractivity contribution in [2.75, 3.05) is 35.8 Å². The first-order valence-corrected chi connectivity index (χ1v) is 7.58. The van der Waals surface area contributed by atoms with Crippen LogP contribution in [0.4, 0.5) is 25.8 Å². The summed E-state index contributed by atoms with van der Waals surface area (Å²) in [6.45, 7) is 0.941. The Bertz CT molecular complexity index is 776. The molecule has 0 heterocycles. The van der Waals surface area contributed by atoms with Crippen LogP contribution in [0.3, 0.4) is 0 Å². The number of carbonyl (C=O) groups excluding carboxylic acids is 2. The Hall–Kier alpha value is -2.96. The zero-order valence-corrected chi connectivity index (χ0v) is 14.2. The van der Waals surface area contributed by atoms with Crippen LogP contribution in [0, 0.1) is 11.6 Å². The summed E-state index contributed by atoms with van der Waals surface area (Å²) in [4.78, 5) is 27.0. The summed E-state index contributed by atoms with van der Waals surface area (Å²) in [5, 5.41) is 2.67. The second-order valence-electron chi connectivity index (χ2n) is 5.69. The molecule has 7 heteroatoms. The Morgan fingerprint density at radius 2 is 1.56 bits per heavy atom. The highest BCUT2D eigenvalue weighted by Crippen LogP contribution is 2.19. The summed E-state index contributed by atoms with van der Waals surface area (Å²) in [6, 6.07) is 10.2. The normalized spacial score (nSPS) is 10.3. The predicted molar refractivity (Wildman–Crippen MR) is 93.8 cm³/mol. The minimum absolute atomic E-state index is 0.115. The largest absolute Gasteiger partial charge is 0.378 e. The summed E-state index contributed by atoms with van der Waals surface area (Å²) >= 11 is 0. The number of halogens is 2. The first-order valence-electron chi connectivity index (χ1n) is 7.58. The Kier molecular flexibility index (Phi) is 5.69. The average molecular weight is 347 g/mol. The van der Waals surface area contributed by atoms with Crippen molar-refractivity contribution in [3.8, 4) is 0 Å². The van der Waals surface area contributed by atoms with Gasteiger partial charge in [0.1, 0.15) is 6.54 Å². The molecular weight excluding hydrogens is 328 g/mol. The van der Waals surface area contributed by atoms with Crippen LogP contribution >= 0.6 is 0 Å². The second kappa shape index (κ2) is 7.74. The number of hydrogen-bond donors (Lipinski definition) is 1. The Balaban J connectivity index is 2.09. The van der Waals surface area contributed by atoms with Crippen molar-refractivity contribution in [2.24, 2.45) is 0 Å². The van der Waals surface area contributed by atoms with Gasteiger partial charge < -0.3 is 15.1 Å². The van der Waals surface area contributed by atoms with Crippen LogP contribution in [-0.2, 0) is 9.59 Å². The van der Waals surface area contributed by atoms with Crippen molar-refractivity contribution in [2.45, 2.75) is 6.92 Å². The van der Waals surface area contributed by atoms with Crippen molar-refractivity contribution in [1.29, 1.82) is 0 Å². The molecule has 2 aromatic rings. The fraction of sp³-hybridized carbons (Fsp3) is 0.222. The number of hydrogen-bond acceptors (Lipinski definition) is 3. The Morgan fingerprint density at radius 1 is 0.960 bits per heavy atom. The van der Waals surface area contributed by atoms with Gasteiger partial charge in [0, 0.05) is 44.1 Å². The zero-order chi connectivity index (χ0) is 18.6. The molecule has 132 valence electrons. The maximum absolute atomic E-state index is 13.4. The van der Waals surface area contributed by atoms with Gasteiger partial charge in [0.25, 0.3) is 0 Å². The van der Waals surface area contributed by atoms with Gasteiger partial charge in [-0.3, -0.25) is 9.59 Å². The molecule has 0 unspecified atom stereocenters. The Labute approximate surface area is 144 Å². The van der Waals surface area contributed by atoms with Crippen LogP contribution in [0.1, 0.15) is 6.92 Å². The fourth-order valence-electron chi connectivity index (χ4n) is 2.22. The third-order valence-corrected chi connectivity index (χ3v) is 3.56. The van der Waals surface area contributed by atoms with Gasteiger partial charge in [0.2, 0.25) is 11.8 Å². The SMILES string of the molecule is CC(=O)N(CC(=O)Nc1ccc(N(C)C)cc1)c1ccc(F)c(F)c1. The van der Waals surface area contributed by atoms with Crippen molar-refractivity contribution in [3.63, 3.8) is 0 Å². The number of rotatable bonds is 5. The lowest BCUT2D eigenvalue weighted by atomic mass is 10.2. The van der Waals surface area contributed by atoms with Crippen LogP contribution < -0.4 is 15.1 Å². The molecule has 0 bridgehead atoms.